The monoisotopic (exact) mass is 316 g/mol. The van der Waals surface area contributed by atoms with Gasteiger partial charge in [-0.1, -0.05) is 6.07 Å². The lowest BCUT2D eigenvalue weighted by Crippen LogP contribution is -2.40. The van der Waals surface area contributed by atoms with Gasteiger partial charge in [-0.15, -0.1) is 0 Å². The van der Waals surface area contributed by atoms with E-state index in [0.717, 1.165) is 55.1 Å². The molecule has 0 aliphatic heterocycles. The first-order valence-electron chi connectivity index (χ1n) is 8.36. The van der Waals surface area contributed by atoms with Gasteiger partial charge in [-0.3, -0.25) is 4.79 Å². The molecule has 2 aromatic rings. The Balaban J connectivity index is 1.44. The number of hydrogen-bond acceptors (Lipinski definition) is 3. The van der Waals surface area contributed by atoms with Crippen LogP contribution in [0.1, 0.15) is 44.1 Å². The van der Waals surface area contributed by atoms with Crippen LogP contribution in [0.3, 0.4) is 0 Å². The Morgan fingerprint density at radius 3 is 2.70 bits per heavy atom. The van der Waals surface area contributed by atoms with E-state index in [1.54, 1.807) is 0 Å². The fourth-order valence-corrected chi connectivity index (χ4v) is 3.25. The third-order valence-corrected chi connectivity index (χ3v) is 4.59. The number of fused-ring (bicyclic) bond motifs is 1. The molecule has 6 nitrogen and oxygen atoms in total. The minimum Gasteiger partial charge on any atom is -0.353 e. The highest BCUT2D eigenvalue weighted by atomic mass is 16.1. The van der Waals surface area contributed by atoms with Gasteiger partial charge in [-0.25, -0.2) is 4.79 Å². The number of imidazole rings is 1. The van der Waals surface area contributed by atoms with Crippen molar-refractivity contribution in [2.45, 2.75) is 57.0 Å². The molecule has 0 bridgehead atoms. The smallest absolute Gasteiger partial charge is 0.323 e. The highest BCUT2D eigenvalue weighted by molar-refractivity contribution is 5.76. The van der Waals surface area contributed by atoms with Crippen molar-refractivity contribution in [3.8, 4) is 0 Å². The molecule has 1 aliphatic rings. The third kappa shape index (κ3) is 4.22. The lowest BCUT2D eigenvalue weighted by Gasteiger charge is -2.26. The summed E-state index contributed by atoms with van der Waals surface area (Å²) in [7, 11) is 0. The van der Waals surface area contributed by atoms with Gasteiger partial charge in [0.1, 0.15) is 0 Å². The zero-order chi connectivity index (χ0) is 16.2. The van der Waals surface area contributed by atoms with Crippen LogP contribution in [0.25, 0.3) is 11.0 Å². The largest absolute Gasteiger partial charge is 0.353 e. The van der Waals surface area contributed by atoms with Crippen molar-refractivity contribution < 1.29 is 4.79 Å². The van der Waals surface area contributed by atoms with Gasteiger partial charge in [0, 0.05) is 18.5 Å². The summed E-state index contributed by atoms with van der Waals surface area (Å²) in [5, 5.41) is 3.11. The fourth-order valence-electron chi connectivity index (χ4n) is 3.25. The first kappa shape index (κ1) is 15.8. The van der Waals surface area contributed by atoms with E-state index in [1.165, 1.54) is 0 Å². The van der Waals surface area contributed by atoms with Crippen molar-refractivity contribution in [1.29, 1.82) is 0 Å². The van der Waals surface area contributed by atoms with Crippen molar-refractivity contribution in [2.24, 2.45) is 5.73 Å². The van der Waals surface area contributed by atoms with Crippen LogP contribution < -0.4 is 16.7 Å². The molecule has 0 unspecified atom stereocenters. The van der Waals surface area contributed by atoms with Crippen molar-refractivity contribution >= 4 is 16.9 Å². The summed E-state index contributed by atoms with van der Waals surface area (Å²) in [6, 6.07) is 6.45. The summed E-state index contributed by atoms with van der Waals surface area (Å²) >= 11 is 0. The number of nitrogens with two attached hydrogens (primary N) is 1. The number of aromatic nitrogens is 2. The van der Waals surface area contributed by atoms with Crippen LogP contribution in [0, 0.1) is 0 Å². The second kappa shape index (κ2) is 7.00. The number of amides is 1. The first-order valence-corrected chi connectivity index (χ1v) is 8.36. The van der Waals surface area contributed by atoms with E-state index >= 15 is 0 Å². The van der Waals surface area contributed by atoms with Gasteiger partial charge >= 0.3 is 5.69 Å². The van der Waals surface area contributed by atoms with Gasteiger partial charge in [0.05, 0.1) is 11.0 Å². The lowest BCUT2D eigenvalue weighted by molar-refractivity contribution is -0.122. The number of hydrogen-bond donors (Lipinski definition) is 4. The predicted octanol–water partition coefficient (Wildman–Crippen LogP) is 1.56. The third-order valence-electron chi connectivity index (χ3n) is 4.59. The normalized spacial score (nSPS) is 21.4. The number of carbonyl (C=O) groups excluding carboxylic acids is 1. The molecular weight excluding hydrogens is 292 g/mol. The van der Waals surface area contributed by atoms with Crippen LogP contribution >= 0.6 is 0 Å². The van der Waals surface area contributed by atoms with Crippen molar-refractivity contribution in [1.82, 2.24) is 15.3 Å². The number of H-pyrrole nitrogens is 2. The molecule has 0 spiro atoms. The average molecular weight is 316 g/mol. The highest BCUT2D eigenvalue weighted by Gasteiger charge is 2.19. The van der Waals surface area contributed by atoms with E-state index in [0.29, 0.717) is 18.5 Å². The van der Waals surface area contributed by atoms with Gasteiger partial charge in [0.15, 0.2) is 0 Å². The molecule has 124 valence electrons. The number of aryl methyl sites for hydroxylation is 1. The standard InChI is InChI=1S/C17H24N4O2/c18-12-5-7-13(8-6-12)19-16(22)3-1-2-11-4-9-14-15(10-11)21-17(23)20-14/h4,9-10,12-13H,1-3,5-8,18H2,(H,19,22)(H2,20,21,23). The Kier molecular flexibility index (Phi) is 4.81. The van der Waals surface area contributed by atoms with Gasteiger partial charge in [-0.05, 0) is 56.2 Å². The molecule has 0 saturated heterocycles. The second-order valence-corrected chi connectivity index (χ2v) is 6.49. The van der Waals surface area contributed by atoms with E-state index < -0.39 is 0 Å². The summed E-state index contributed by atoms with van der Waals surface area (Å²) in [6.07, 6.45) is 6.14. The molecule has 1 aromatic carbocycles. The first-order chi connectivity index (χ1) is 11.1. The van der Waals surface area contributed by atoms with E-state index in [9.17, 15) is 9.59 Å². The predicted molar refractivity (Wildman–Crippen MR) is 90.2 cm³/mol. The molecule has 6 heteroatoms. The number of rotatable bonds is 5. The van der Waals surface area contributed by atoms with Crippen LogP contribution in [-0.4, -0.2) is 28.0 Å². The van der Waals surface area contributed by atoms with E-state index in [-0.39, 0.29) is 11.6 Å². The molecule has 1 saturated carbocycles. The van der Waals surface area contributed by atoms with Crippen LogP contribution in [0.15, 0.2) is 23.0 Å². The zero-order valence-electron chi connectivity index (χ0n) is 13.2. The Labute approximate surface area is 134 Å². The number of carbonyl (C=O) groups is 1. The summed E-state index contributed by atoms with van der Waals surface area (Å²) in [4.78, 5) is 28.7. The molecular formula is C17H24N4O2. The summed E-state index contributed by atoms with van der Waals surface area (Å²) < 4.78 is 0. The van der Waals surface area contributed by atoms with Crippen LogP contribution in [0.4, 0.5) is 0 Å². The molecule has 0 atom stereocenters. The molecule has 1 heterocycles. The van der Waals surface area contributed by atoms with E-state index in [2.05, 4.69) is 15.3 Å². The number of benzene rings is 1. The zero-order valence-corrected chi connectivity index (χ0v) is 13.2. The van der Waals surface area contributed by atoms with Gasteiger partial charge in [0.25, 0.3) is 0 Å². The van der Waals surface area contributed by atoms with Gasteiger partial charge in [-0.2, -0.15) is 0 Å². The highest BCUT2D eigenvalue weighted by Crippen LogP contribution is 2.17. The summed E-state index contributed by atoms with van der Waals surface area (Å²) in [6.45, 7) is 0. The van der Waals surface area contributed by atoms with Crippen LogP contribution in [-0.2, 0) is 11.2 Å². The van der Waals surface area contributed by atoms with Gasteiger partial charge in [0.2, 0.25) is 5.91 Å². The van der Waals surface area contributed by atoms with E-state index in [4.69, 9.17) is 5.73 Å². The Hall–Kier alpha value is -2.08. The Bertz CT molecular complexity index is 726. The maximum absolute atomic E-state index is 12.0. The quantitative estimate of drug-likeness (QED) is 0.673. The molecule has 1 amide bonds. The number of aromatic amines is 2. The second-order valence-electron chi connectivity index (χ2n) is 6.49. The average Bonchev–Trinajstić information content (AvgIpc) is 2.89. The minimum atomic E-state index is -0.191. The molecule has 3 rings (SSSR count). The Morgan fingerprint density at radius 2 is 1.91 bits per heavy atom. The molecule has 1 aromatic heterocycles. The molecule has 0 radical (unpaired) electrons. The van der Waals surface area contributed by atoms with Crippen molar-refractivity contribution in [2.75, 3.05) is 0 Å². The topological polar surface area (TPSA) is 104 Å². The molecule has 1 fully saturated rings. The SMILES string of the molecule is NC1CCC(NC(=O)CCCc2ccc3[nH]c(=O)[nH]c3c2)CC1. The van der Waals surface area contributed by atoms with Gasteiger partial charge < -0.3 is 21.0 Å². The van der Waals surface area contributed by atoms with Crippen molar-refractivity contribution in [3.05, 3.63) is 34.2 Å². The summed E-state index contributed by atoms with van der Waals surface area (Å²) in [5.41, 5.74) is 8.44. The number of nitrogens with one attached hydrogen (secondary N) is 3. The minimum absolute atomic E-state index is 0.126. The fraction of sp³-hybridized carbons (Fsp3) is 0.529. The molecule has 1 aliphatic carbocycles. The summed E-state index contributed by atoms with van der Waals surface area (Å²) in [5.74, 6) is 0.126. The van der Waals surface area contributed by atoms with Crippen LogP contribution in [0.2, 0.25) is 0 Å². The van der Waals surface area contributed by atoms with Crippen molar-refractivity contribution in [3.63, 3.8) is 0 Å². The maximum Gasteiger partial charge on any atom is 0.323 e. The molecule has 23 heavy (non-hydrogen) atoms. The van der Waals surface area contributed by atoms with Crippen LogP contribution in [0.5, 0.6) is 0 Å². The van der Waals surface area contributed by atoms with E-state index in [1.807, 2.05) is 18.2 Å². The molecule has 5 N–H and O–H groups in total. The lowest BCUT2D eigenvalue weighted by atomic mass is 9.92. The maximum atomic E-state index is 12.0. The Morgan fingerprint density at radius 1 is 1.17 bits per heavy atom.